The van der Waals surface area contributed by atoms with Crippen LogP contribution in [0.3, 0.4) is 0 Å². The van der Waals surface area contributed by atoms with Crippen molar-refractivity contribution in [3.05, 3.63) is 15.6 Å². The van der Waals surface area contributed by atoms with Crippen LogP contribution in [0.4, 0.5) is 0 Å². The highest BCUT2D eigenvalue weighted by atomic mass is 32.1. The molecule has 0 spiro atoms. The highest BCUT2D eigenvalue weighted by Crippen LogP contribution is 2.33. The van der Waals surface area contributed by atoms with Crippen LogP contribution in [0.15, 0.2) is 0 Å². The van der Waals surface area contributed by atoms with Crippen LogP contribution in [0, 0.1) is 0 Å². The molecule has 1 nitrogen and oxygen atoms in total. The molecule has 0 aromatic carbocycles. The van der Waals surface area contributed by atoms with Crippen molar-refractivity contribution in [2.45, 2.75) is 59.3 Å². The van der Waals surface area contributed by atoms with Crippen molar-refractivity contribution in [1.29, 1.82) is 0 Å². The fraction of sp³-hybridized carbons (Fsp3) is 0.750. The Hall–Kier alpha value is -0.370. The average molecular weight is 211 g/mol. The second-order valence-electron chi connectivity index (χ2n) is 4.77. The molecule has 0 bridgehead atoms. The molecule has 0 atom stereocenters. The van der Waals surface area contributed by atoms with Crippen molar-refractivity contribution in [3.63, 3.8) is 0 Å². The SMILES string of the molecule is CC(C)c1nc(C(C)C)c(C(C)C)s1. The Kier molecular flexibility index (Phi) is 3.71. The number of thiazole rings is 1. The molecule has 14 heavy (non-hydrogen) atoms. The van der Waals surface area contributed by atoms with Gasteiger partial charge in [-0.15, -0.1) is 11.3 Å². The second kappa shape index (κ2) is 4.43. The van der Waals surface area contributed by atoms with Crippen LogP contribution < -0.4 is 0 Å². The molecule has 0 amide bonds. The zero-order chi connectivity index (χ0) is 10.9. The summed E-state index contributed by atoms with van der Waals surface area (Å²) in [7, 11) is 0. The summed E-state index contributed by atoms with van der Waals surface area (Å²) in [4.78, 5) is 6.22. The molecule has 1 aromatic heterocycles. The molecule has 2 heteroatoms. The smallest absolute Gasteiger partial charge is 0.0956 e. The molecule has 1 aromatic rings. The topological polar surface area (TPSA) is 12.9 Å². The van der Waals surface area contributed by atoms with E-state index < -0.39 is 0 Å². The van der Waals surface area contributed by atoms with Gasteiger partial charge in [-0.3, -0.25) is 0 Å². The van der Waals surface area contributed by atoms with Crippen LogP contribution in [0.2, 0.25) is 0 Å². The van der Waals surface area contributed by atoms with Gasteiger partial charge < -0.3 is 0 Å². The van der Waals surface area contributed by atoms with Gasteiger partial charge in [-0.2, -0.15) is 0 Å². The van der Waals surface area contributed by atoms with E-state index in [4.69, 9.17) is 4.98 Å². The highest BCUT2D eigenvalue weighted by Gasteiger charge is 2.17. The molecule has 0 saturated heterocycles. The molecular weight excluding hydrogens is 190 g/mol. The van der Waals surface area contributed by atoms with E-state index in [1.807, 2.05) is 11.3 Å². The summed E-state index contributed by atoms with van der Waals surface area (Å²) in [6.45, 7) is 13.4. The van der Waals surface area contributed by atoms with E-state index in [9.17, 15) is 0 Å². The molecule has 0 saturated carbocycles. The van der Waals surface area contributed by atoms with Crippen molar-refractivity contribution < 1.29 is 0 Å². The number of rotatable bonds is 3. The summed E-state index contributed by atoms with van der Waals surface area (Å²) in [6.07, 6.45) is 0. The monoisotopic (exact) mass is 211 g/mol. The van der Waals surface area contributed by atoms with E-state index in [1.54, 1.807) is 0 Å². The van der Waals surface area contributed by atoms with E-state index >= 15 is 0 Å². The Morgan fingerprint density at radius 1 is 0.857 bits per heavy atom. The third-order valence-electron chi connectivity index (χ3n) is 2.26. The Labute approximate surface area is 91.6 Å². The van der Waals surface area contributed by atoms with Crippen LogP contribution in [0.25, 0.3) is 0 Å². The van der Waals surface area contributed by atoms with Crippen molar-refractivity contribution >= 4 is 11.3 Å². The molecule has 0 radical (unpaired) electrons. The standard InChI is InChI=1S/C12H21NS/c1-7(2)10-11(8(3)4)14-12(13-10)9(5)6/h7-9H,1-6H3. The lowest BCUT2D eigenvalue weighted by atomic mass is 10.0. The number of hydrogen-bond acceptors (Lipinski definition) is 2. The van der Waals surface area contributed by atoms with Crippen molar-refractivity contribution in [2.75, 3.05) is 0 Å². The molecule has 0 aliphatic rings. The first-order valence-corrected chi connectivity index (χ1v) is 6.25. The summed E-state index contributed by atoms with van der Waals surface area (Å²) in [5.74, 6) is 1.72. The Bertz CT molecular complexity index is 272. The minimum atomic E-state index is 0.552. The lowest BCUT2D eigenvalue weighted by Gasteiger charge is -2.07. The van der Waals surface area contributed by atoms with E-state index in [1.165, 1.54) is 15.6 Å². The van der Waals surface area contributed by atoms with Gasteiger partial charge in [0.2, 0.25) is 0 Å². The summed E-state index contributed by atoms with van der Waals surface area (Å²) >= 11 is 1.89. The second-order valence-corrected chi connectivity index (χ2v) is 5.83. The highest BCUT2D eigenvalue weighted by molar-refractivity contribution is 7.11. The van der Waals surface area contributed by atoms with Crippen molar-refractivity contribution in [3.8, 4) is 0 Å². The third-order valence-corrected chi connectivity index (χ3v) is 3.94. The first kappa shape index (κ1) is 11.7. The van der Waals surface area contributed by atoms with Crippen LogP contribution in [-0.4, -0.2) is 4.98 Å². The fourth-order valence-electron chi connectivity index (χ4n) is 1.44. The van der Waals surface area contributed by atoms with E-state index in [0.717, 1.165) is 0 Å². The van der Waals surface area contributed by atoms with Gasteiger partial charge in [-0.05, 0) is 11.8 Å². The average Bonchev–Trinajstić information content (AvgIpc) is 2.47. The van der Waals surface area contributed by atoms with Crippen molar-refractivity contribution in [2.24, 2.45) is 0 Å². The van der Waals surface area contributed by atoms with Crippen LogP contribution in [-0.2, 0) is 0 Å². The Morgan fingerprint density at radius 2 is 1.43 bits per heavy atom. The first-order valence-electron chi connectivity index (χ1n) is 5.44. The summed E-state index contributed by atoms with van der Waals surface area (Å²) in [5.41, 5.74) is 1.31. The molecule has 0 aliphatic heterocycles. The minimum absolute atomic E-state index is 0.552. The lowest BCUT2D eigenvalue weighted by molar-refractivity contribution is 0.762. The van der Waals surface area contributed by atoms with Crippen LogP contribution >= 0.6 is 11.3 Å². The van der Waals surface area contributed by atoms with Gasteiger partial charge >= 0.3 is 0 Å². The Balaban J connectivity index is 3.12. The maximum atomic E-state index is 4.75. The fourth-order valence-corrected chi connectivity index (χ4v) is 2.66. The Morgan fingerprint density at radius 3 is 1.71 bits per heavy atom. The van der Waals surface area contributed by atoms with Gasteiger partial charge in [0.15, 0.2) is 0 Å². The van der Waals surface area contributed by atoms with Gasteiger partial charge in [0.05, 0.1) is 10.7 Å². The normalized spacial score (nSPS) is 12.1. The third kappa shape index (κ3) is 2.35. The largest absolute Gasteiger partial charge is 0.245 e. The van der Waals surface area contributed by atoms with Crippen LogP contribution in [0.5, 0.6) is 0 Å². The zero-order valence-electron chi connectivity index (χ0n) is 10.1. The zero-order valence-corrected chi connectivity index (χ0v) is 10.9. The van der Waals surface area contributed by atoms with Gasteiger partial charge in [-0.1, -0.05) is 41.5 Å². The number of aromatic nitrogens is 1. The minimum Gasteiger partial charge on any atom is -0.245 e. The van der Waals surface area contributed by atoms with Gasteiger partial charge in [0.1, 0.15) is 0 Å². The molecule has 1 heterocycles. The predicted octanol–water partition coefficient (Wildman–Crippen LogP) is 4.51. The molecule has 0 fully saturated rings. The maximum absolute atomic E-state index is 4.75. The molecular formula is C12H21NS. The summed E-state index contributed by atoms with van der Waals surface area (Å²) < 4.78 is 0. The molecule has 0 aliphatic carbocycles. The van der Waals surface area contributed by atoms with E-state index in [0.29, 0.717) is 17.8 Å². The quantitative estimate of drug-likeness (QED) is 0.716. The van der Waals surface area contributed by atoms with Gasteiger partial charge in [0, 0.05) is 10.8 Å². The molecule has 80 valence electrons. The lowest BCUT2D eigenvalue weighted by Crippen LogP contribution is -1.95. The van der Waals surface area contributed by atoms with E-state index in [-0.39, 0.29) is 0 Å². The number of hydrogen-bond donors (Lipinski definition) is 0. The molecule has 0 unspecified atom stereocenters. The summed E-state index contributed by atoms with van der Waals surface area (Å²) in [5, 5.41) is 1.29. The maximum Gasteiger partial charge on any atom is 0.0956 e. The molecule has 0 N–H and O–H groups in total. The number of nitrogens with zero attached hydrogens (tertiary/aromatic N) is 1. The van der Waals surface area contributed by atoms with Gasteiger partial charge in [0.25, 0.3) is 0 Å². The first-order chi connectivity index (χ1) is 6.43. The summed E-state index contributed by atoms with van der Waals surface area (Å²) in [6, 6.07) is 0. The van der Waals surface area contributed by atoms with Gasteiger partial charge in [-0.25, -0.2) is 4.98 Å². The molecule has 1 rings (SSSR count). The van der Waals surface area contributed by atoms with Crippen molar-refractivity contribution in [1.82, 2.24) is 4.98 Å². The van der Waals surface area contributed by atoms with E-state index in [2.05, 4.69) is 41.5 Å². The van der Waals surface area contributed by atoms with Crippen LogP contribution in [0.1, 0.15) is 74.9 Å². The predicted molar refractivity (Wildman–Crippen MR) is 64.4 cm³/mol.